The summed E-state index contributed by atoms with van der Waals surface area (Å²) >= 11 is 0. The van der Waals surface area contributed by atoms with E-state index in [1.807, 2.05) is 55.6 Å². The molecule has 2 rings (SSSR count). The van der Waals surface area contributed by atoms with Crippen molar-refractivity contribution < 1.29 is 5.11 Å². The number of para-hydroxylation sites is 1. The molecule has 17 heavy (non-hydrogen) atoms. The minimum atomic E-state index is 0.300. The maximum atomic E-state index is 9.63. The van der Waals surface area contributed by atoms with E-state index in [-0.39, 0.29) is 0 Å². The molecule has 0 spiro atoms. The molecule has 0 radical (unpaired) electrons. The van der Waals surface area contributed by atoms with E-state index in [1.165, 1.54) is 0 Å². The van der Waals surface area contributed by atoms with Crippen LogP contribution in [0.1, 0.15) is 11.1 Å². The molecule has 0 aliphatic heterocycles. The predicted octanol–water partition coefficient (Wildman–Crippen LogP) is 3.60. The van der Waals surface area contributed by atoms with Crippen molar-refractivity contribution in [1.82, 2.24) is 0 Å². The first-order valence-electron chi connectivity index (χ1n) is 5.53. The molecule has 0 unspecified atom stereocenters. The van der Waals surface area contributed by atoms with Crippen LogP contribution in [0.25, 0.3) is 12.2 Å². The Bertz CT molecular complexity index is 532. The van der Waals surface area contributed by atoms with Gasteiger partial charge in [0.05, 0.1) is 0 Å². The van der Waals surface area contributed by atoms with Crippen molar-refractivity contribution in [2.45, 2.75) is 0 Å². The fourth-order valence-electron chi connectivity index (χ4n) is 1.61. The summed E-state index contributed by atoms with van der Waals surface area (Å²) in [5.41, 5.74) is 2.99. The van der Waals surface area contributed by atoms with E-state index < -0.39 is 0 Å². The highest BCUT2D eigenvalue weighted by Crippen LogP contribution is 2.19. The number of benzene rings is 2. The minimum absolute atomic E-state index is 0.300. The molecule has 2 nitrogen and oxygen atoms in total. The lowest BCUT2D eigenvalue weighted by molar-refractivity contribution is 0.474. The number of hydrogen-bond donors (Lipinski definition) is 2. The molecule has 2 N–H and O–H groups in total. The van der Waals surface area contributed by atoms with Crippen LogP contribution in [-0.4, -0.2) is 12.2 Å². The molecular weight excluding hydrogens is 210 g/mol. The second-order valence-corrected chi connectivity index (χ2v) is 3.77. The van der Waals surface area contributed by atoms with Crippen LogP contribution < -0.4 is 5.32 Å². The highest BCUT2D eigenvalue weighted by atomic mass is 16.3. The van der Waals surface area contributed by atoms with Crippen LogP contribution in [0.2, 0.25) is 0 Å². The largest absolute Gasteiger partial charge is 0.507 e. The van der Waals surface area contributed by atoms with E-state index in [9.17, 15) is 5.11 Å². The lowest BCUT2D eigenvalue weighted by Gasteiger charge is -2.01. The van der Waals surface area contributed by atoms with Gasteiger partial charge in [0.1, 0.15) is 5.75 Å². The third kappa shape index (κ3) is 2.88. The standard InChI is InChI=1S/C15H15NO/c1-16-14-7-4-5-12(11-14)9-10-13-6-2-3-8-15(13)17/h2-11,16-17H,1H3/b10-9+. The van der Waals surface area contributed by atoms with Crippen LogP contribution in [0.5, 0.6) is 5.75 Å². The smallest absolute Gasteiger partial charge is 0.122 e. The Kier molecular flexibility index (Phi) is 3.46. The highest BCUT2D eigenvalue weighted by molar-refractivity contribution is 5.73. The van der Waals surface area contributed by atoms with Gasteiger partial charge in [0.2, 0.25) is 0 Å². The van der Waals surface area contributed by atoms with Gasteiger partial charge in [-0.1, -0.05) is 42.5 Å². The molecule has 0 aliphatic rings. The molecule has 86 valence electrons. The summed E-state index contributed by atoms with van der Waals surface area (Å²) in [6, 6.07) is 15.4. The van der Waals surface area contributed by atoms with Crippen LogP contribution >= 0.6 is 0 Å². The SMILES string of the molecule is CNc1cccc(/C=C/c2ccccc2O)c1. The molecule has 0 bridgehead atoms. The van der Waals surface area contributed by atoms with Gasteiger partial charge in [0, 0.05) is 18.3 Å². The average molecular weight is 225 g/mol. The maximum Gasteiger partial charge on any atom is 0.122 e. The van der Waals surface area contributed by atoms with Gasteiger partial charge in [-0.3, -0.25) is 0 Å². The summed E-state index contributed by atoms with van der Waals surface area (Å²) in [4.78, 5) is 0. The van der Waals surface area contributed by atoms with Gasteiger partial charge in [0.15, 0.2) is 0 Å². The fraction of sp³-hybridized carbons (Fsp3) is 0.0667. The van der Waals surface area contributed by atoms with Crippen LogP contribution in [0, 0.1) is 0 Å². The van der Waals surface area contributed by atoms with Crippen molar-refractivity contribution in [1.29, 1.82) is 0 Å². The van der Waals surface area contributed by atoms with Crippen LogP contribution in [0.15, 0.2) is 48.5 Å². The van der Waals surface area contributed by atoms with Gasteiger partial charge in [-0.15, -0.1) is 0 Å². The van der Waals surface area contributed by atoms with Crippen molar-refractivity contribution >= 4 is 17.8 Å². The zero-order valence-corrected chi connectivity index (χ0v) is 9.72. The van der Waals surface area contributed by atoms with Crippen molar-refractivity contribution in [2.75, 3.05) is 12.4 Å². The second-order valence-electron chi connectivity index (χ2n) is 3.77. The molecule has 0 aromatic heterocycles. The Morgan fingerprint density at radius 1 is 1.00 bits per heavy atom. The van der Waals surface area contributed by atoms with Crippen LogP contribution in [0.4, 0.5) is 5.69 Å². The summed E-state index contributed by atoms with van der Waals surface area (Å²) in [7, 11) is 1.89. The van der Waals surface area contributed by atoms with Crippen LogP contribution in [0.3, 0.4) is 0 Å². The van der Waals surface area contributed by atoms with Gasteiger partial charge in [-0.05, 0) is 23.8 Å². The van der Waals surface area contributed by atoms with Crippen LogP contribution in [-0.2, 0) is 0 Å². The van der Waals surface area contributed by atoms with Gasteiger partial charge < -0.3 is 10.4 Å². The van der Waals surface area contributed by atoms with E-state index in [0.29, 0.717) is 5.75 Å². The Morgan fingerprint density at radius 3 is 2.59 bits per heavy atom. The molecule has 0 amide bonds. The first-order valence-corrected chi connectivity index (χ1v) is 5.53. The summed E-state index contributed by atoms with van der Waals surface area (Å²) in [6.45, 7) is 0. The van der Waals surface area contributed by atoms with Gasteiger partial charge in [0.25, 0.3) is 0 Å². The van der Waals surface area contributed by atoms with E-state index in [0.717, 1.165) is 16.8 Å². The molecule has 0 saturated heterocycles. The molecule has 0 atom stereocenters. The Labute approximate surface area is 101 Å². The lowest BCUT2D eigenvalue weighted by Crippen LogP contribution is -1.86. The number of hydrogen-bond acceptors (Lipinski definition) is 2. The molecule has 0 fully saturated rings. The third-order valence-electron chi connectivity index (χ3n) is 2.57. The quantitative estimate of drug-likeness (QED) is 0.782. The monoisotopic (exact) mass is 225 g/mol. The molecule has 0 heterocycles. The predicted molar refractivity (Wildman–Crippen MR) is 73.0 cm³/mol. The maximum absolute atomic E-state index is 9.63. The van der Waals surface area contributed by atoms with Crippen molar-refractivity contribution in [3.05, 3.63) is 59.7 Å². The second kappa shape index (κ2) is 5.21. The third-order valence-corrected chi connectivity index (χ3v) is 2.57. The zero-order chi connectivity index (χ0) is 12.1. The number of anilines is 1. The number of phenolic OH excluding ortho intramolecular Hbond substituents is 1. The zero-order valence-electron chi connectivity index (χ0n) is 9.72. The normalized spacial score (nSPS) is 10.6. The molecule has 0 saturated carbocycles. The number of nitrogens with one attached hydrogen (secondary N) is 1. The molecule has 2 heteroatoms. The first kappa shape index (κ1) is 11.3. The van der Waals surface area contributed by atoms with Crippen molar-refractivity contribution in [2.24, 2.45) is 0 Å². The lowest BCUT2D eigenvalue weighted by atomic mass is 10.1. The van der Waals surface area contributed by atoms with Gasteiger partial charge in [-0.25, -0.2) is 0 Å². The summed E-state index contributed by atoms with van der Waals surface area (Å²) < 4.78 is 0. The summed E-state index contributed by atoms with van der Waals surface area (Å²) in [5.74, 6) is 0.300. The van der Waals surface area contributed by atoms with E-state index in [2.05, 4.69) is 11.4 Å². The van der Waals surface area contributed by atoms with E-state index in [4.69, 9.17) is 0 Å². The number of rotatable bonds is 3. The van der Waals surface area contributed by atoms with Gasteiger partial charge >= 0.3 is 0 Å². The Hall–Kier alpha value is -2.22. The van der Waals surface area contributed by atoms with E-state index >= 15 is 0 Å². The summed E-state index contributed by atoms with van der Waals surface area (Å²) in [6.07, 6.45) is 3.89. The van der Waals surface area contributed by atoms with Gasteiger partial charge in [-0.2, -0.15) is 0 Å². The van der Waals surface area contributed by atoms with Crippen molar-refractivity contribution in [3.63, 3.8) is 0 Å². The Balaban J connectivity index is 2.23. The molecular formula is C15H15NO. The van der Waals surface area contributed by atoms with E-state index in [1.54, 1.807) is 6.07 Å². The average Bonchev–Trinajstić information content (AvgIpc) is 2.38. The molecule has 2 aromatic rings. The molecule has 0 aliphatic carbocycles. The topological polar surface area (TPSA) is 32.3 Å². The minimum Gasteiger partial charge on any atom is -0.507 e. The number of phenols is 1. The van der Waals surface area contributed by atoms with Crippen molar-refractivity contribution in [3.8, 4) is 5.75 Å². The Morgan fingerprint density at radius 2 is 1.82 bits per heavy atom. The first-order chi connectivity index (χ1) is 8.29. The summed E-state index contributed by atoms with van der Waals surface area (Å²) in [5, 5.41) is 12.7. The molecule has 2 aromatic carbocycles. The fourth-order valence-corrected chi connectivity index (χ4v) is 1.61. The number of aromatic hydroxyl groups is 1. The highest BCUT2D eigenvalue weighted by Gasteiger charge is 1.94.